The van der Waals surface area contributed by atoms with Crippen molar-refractivity contribution in [3.8, 4) is 11.5 Å². The summed E-state index contributed by atoms with van der Waals surface area (Å²) in [5.41, 5.74) is 1.60. The molecule has 0 aromatic heterocycles. The number of rotatable bonds is 14. The molecule has 4 N–H and O–H groups in total. The quantitative estimate of drug-likeness (QED) is 0.182. The molecule has 0 bridgehead atoms. The van der Waals surface area contributed by atoms with E-state index in [-0.39, 0.29) is 49.8 Å². The Morgan fingerprint density at radius 3 is 1.82 bits per heavy atom. The van der Waals surface area contributed by atoms with E-state index in [0.29, 0.717) is 16.7 Å². The Balaban J connectivity index is 1.97. The second-order valence-electron chi connectivity index (χ2n) is 8.90. The molecule has 0 amide bonds. The number of hydrogen-bond donors (Lipinski definition) is 4. The average molecular weight is 524 g/mol. The highest BCUT2D eigenvalue weighted by atomic mass is 16.6. The number of benzene rings is 3. The van der Waals surface area contributed by atoms with Crippen LogP contribution in [0.15, 0.2) is 72.8 Å². The van der Waals surface area contributed by atoms with E-state index in [1.807, 2.05) is 0 Å². The molecule has 0 aliphatic rings. The van der Waals surface area contributed by atoms with Gasteiger partial charge in [0.25, 0.3) is 5.69 Å². The van der Waals surface area contributed by atoms with Crippen molar-refractivity contribution in [2.45, 2.75) is 25.6 Å². The maximum atomic E-state index is 11.8. The highest BCUT2D eigenvalue weighted by Gasteiger charge is 2.26. The van der Waals surface area contributed by atoms with Gasteiger partial charge in [-0.2, -0.15) is 0 Å². The Labute approximate surface area is 219 Å². The second kappa shape index (κ2) is 13.2. The van der Waals surface area contributed by atoms with Gasteiger partial charge in [-0.15, -0.1) is 0 Å². The normalized spacial score (nSPS) is 11.9. The van der Waals surface area contributed by atoms with Crippen LogP contribution in [0.2, 0.25) is 0 Å². The summed E-state index contributed by atoms with van der Waals surface area (Å²) in [6, 6.07) is 18.4. The molecule has 1 unspecified atom stereocenters. The van der Waals surface area contributed by atoms with Crippen LogP contribution in [0.25, 0.3) is 0 Å². The van der Waals surface area contributed by atoms with E-state index < -0.39 is 29.4 Å². The number of carboxylic acids is 2. The highest BCUT2D eigenvalue weighted by molar-refractivity contribution is 5.69. The third-order valence-corrected chi connectivity index (χ3v) is 6.05. The predicted octanol–water partition coefficient (Wildman–Crippen LogP) is 3.09. The Morgan fingerprint density at radius 2 is 1.32 bits per heavy atom. The molecule has 0 radical (unpaired) electrons. The number of non-ortho nitro benzene ring substituents is 1. The molecule has 38 heavy (non-hydrogen) atoms. The molecule has 3 aromatic carbocycles. The molecule has 0 heterocycles. The Hall–Kier alpha value is -4.48. The molecule has 3 rings (SSSR count). The summed E-state index contributed by atoms with van der Waals surface area (Å²) in [5.74, 6) is -2.21. The largest absolute Gasteiger partial charge is 0.508 e. The van der Waals surface area contributed by atoms with E-state index >= 15 is 0 Å². The van der Waals surface area contributed by atoms with Crippen molar-refractivity contribution in [2.75, 3.05) is 19.6 Å². The van der Waals surface area contributed by atoms with Crippen LogP contribution in [0.4, 0.5) is 5.69 Å². The van der Waals surface area contributed by atoms with Gasteiger partial charge >= 0.3 is 11.9 Å². The predicted molar refractivity (Wildman–Crippen MR) is 138 cm³/mol. The zero-order valence-electron chi connectivity index (χ0n) is 20.5. The van der Waals surface area contributed by atoms with Gasteiger partial charge in [-0.1, -0.05) is 48.5 Å². The molecule has 3 aromatic rings. The minimum absolute atomic E-state index is 0.00593. The molecule has 0 aliphatic heterocycles. The first-order chi connectivity index (χ1) is 18.1. The summed E-state index contributed by atoms with van der Waals surface area (Å²) < 4.78 is 0. The fraction of sp³-hybridized carbons (Fsp3) is 0.259. The van der Waals surface area contributed by atoms with Gasteiger partial charge < -0.3 is 20.4 Å². The number of nitro groups is 1. The first-order valence-electron chi connectivity index (χ1n) is 11.8. The number of carbonyl (C=O) groups is 2. The lowest BCUT2D eigenvalue weighted by atomic mass is 10.0. The lowest BCUT2D eigenvalue weighted by molar-refractivity contribution is -0.384. The molecule has 11 nitrogen and oxygen atoms in total. The number of phenolic OH excluding ortho intramolecular Hbond substituents is 2. The summed E-state index contributed by atoms with van der Waals surface area (Å²) in [6.07, 6.45) is 0.246. The molecule has 1 atom stereocenters. The van der Waals surface area contributed by atoms with Gasteiger partial charge in [0.05, 0.1) is 18.0 Å². The van der Waals surface area contributed by atoms with Gasteiger partial charge in [0, 0.05) is 48.9 Å². The molecule has 0 fully saturated rings. The van der Waals surface area contributed by atoms with Crippen LogP contribution < -0.4 is 0 Å². The zero-order chi connectivity index (χ0) is 27.7. The Bertz CT molecular complexity index is 1270. The molecule has 11 heteroatoms. The standard InChI is InChI=1S/C27H29N3O8/c31-24-7-3-1-5-20(24)14-28(17-26(33)34)16-23(13-19-9-11-22(12-10-19)30(37)38)29(18-27(35)36)15-21-6-2-4-8-25(21)32/h1-12,23,31-32H,13-18H2,(H,33,34)(H,35,36). The third kappa shape index (κ3) is 8.29. The highest BCUT2D eigenvalue weighted by Crippen LogP contribution is 2.23. The van der Waals surface area contributed by atoms with E-state index in [1.54, 1.807) is 58.3 Å². The summed E-state index contributed by atoms with van der Waals surface area (Å²) in [5, 5.41) is 50.9. The van der Waals surface area contributed by atoms with Gasteiger partial charge in [-0.05, 0) is 24.1 Å². The van der Waals surface area contributed by atoms with E-state index in [9.17, 15) is 40.1 Å². The molecule has 0 saturated heterocycles. The minimum atomic E-state index is -1.11. The van der Waals surface area contributed by atoms with E-state index in [1.165, 1.54) is 24.3 Å². The minimum Gasteiger partial charge on any atom is -0.508 e. The third-order valence-electron chi connectivity index (χ3n) is 6.05. The van der Waals surface area contributed by atoms with E-state index in [2.05, 4.69) is 0 Å². The molecular formula is C27H29N3O8. The van der Waals surface area contributed by atoms with Crippen LogP contribution in [-0.2, 0) is 29.1 Å². The Kier molecular flexibility index (Phi) is 9.74. The fourth-order valence-corrected chi connectivity index (χ4v) is 4.25. The topological polar surface area (TPSA) is 165 Å². The lowest BCUT2D eigenvalue weighted by Gasteiger charge is -2.35. The summed E-state index contributed by atoms with van der Waals surface area (Å²) >= 11 is 0. The van der Waals surface area contributed by atoms with Gasteiger partial charge in [0.2, 0.25) is 0 Å². The van der Waals surface area contributed by atoms with Crippen LogP contribution in [-0.4, -0.2) is 72.8 Å². The van der Waals surface area contributed by atoms with E-state index in [0.717, 1.165) is 0 Å². The van der Waals surface area contributed by atoms with Gasteiger partial charge in [0.1, 0.15) is 11.5 Å². The molecule has 0 saturated carbocycles. The monoisotopic (exact) mass is 523 g/mol. The number of aromatic hydroxyl groups is 2. The average Bonchev–Trinajstić information content (AvgIpc) is 2.85. The fourth-order valence-electron chi connectivity index (χ4n) is 4.25. The van der Waals surface area contributed by atoms with Gasteiger partial charge in [-0.3, -0.25) is 29.5 Å². The van der Waals surface area contributed by atoms with Crippen molar-refractivity contribution in [3.05, 3.63) is 99.6 Å². The second-order valence-corrected chi connectivity index (χ2v) is 8.90. The number of hydrogen-bond acceptors (Lipinski definition) is 8. The van der Waals surface area contributed by atoms with Crippen LogP contribution in [0.5, 0.6) is 11.5 Å². The summed E-state index contributed by atoms with van der Waals surface area (Å²) in [4.78, 5) is 37.3. The number of phenols is 2. The molecular weight excluding hydrogens is 494 g/mol. The van der Waals surface area contributed by atoms with Crippen molar-refractivity contribution in [1.29, 1.82) is 0 Å². The summed E-state index contributed by atoms with van der Waals surface area (Å²) in [7, 11) is 0. The van der Waals surface area contributed by atoms with Crippen molar-refractivity contribution < 1.29 is 34.9 Å². The zero-order valence-corrected chi connectivity index (χ0v) is 20.5. The lowest BCUT2D eigenvalue weighted by Crippen LogP contribution is -2.47. The van der Waals surface area contributed by atoms with Crippen LogP contribution in [0.1, 0.15) is 16.7 Å². The van der Waals surface area contributed by atoms with E-state index in [4.69, 9.17) is 0 Å². The van der Waals surface area contributed by atoms with Crippen molar-refractivity contribution in [2.24, 2.45) is 0 Å². The van der Waals surface area contributed by atoms with Crippen molar-refractivity contribution in [3.63, 3.8) is 0 Å². The maximum Gasteiger partial charge on any atom is 0.317 e. The number of carboxylic acid groups (broad SMARTS) is 2. The number of nitrogens with zero attached hydrogens (tertiary/aromatic N) is 3. The van der Waals surface area contributed by atoms with Crippen LogP contribution in [0.3, 0.4) is 0 Å². The van der Waals surface area contributed by atoms with Crippen molar-refractivity contribution >= 4 is 17.6 Å². The van der Waals surface area contributed by atoms with Gasteiger partial charge in [0.15, 0.2) is 0 Å². The SMILES string of the molecule is O=C(O)CN(Cc1ccccc1O)CC(Cc1ccc([N+](=O)[O-])cc1)N(CC(=O)O)Cc1ccccc1O. The molecule has 0 aliphatic carbocycles. The molecule has 200 valence electrons. The first kappa shape index (κ1) is 28.1. The smallest absolute Gasteiger partial charge is 0.317 e. The van der Waals surface area contributed by atoms with Gasteiger partial charge in [-0.25, -0.2) is 0 Å². The number of aliphatic carboxylic acids is 2. The van der Waals surface area contributed by atoms with Crippen LogP contribution in [0, 0.1) is 10.1 Å². The van der Waals surface area contributed by atoms with Crippen LogP contribution >= 0.6 is 0 Å². The first-order valence-corrected chi connectivity index (χ1v) is 11.8. The maximum absolute atomic E-state index is 11.8. The Morgan fingerprint density at radius 1 is 0.789 bits per heavy atom. The van der Waals surface area contributed by atoms with Crippen molar-refractivity contribution in [1.82, 2.24) is 9.80 Å². The number of para-hydroxylation sites is 2. The molecule has 0 spiro atoms. The number of nitro benzene ring substituents is 1. The summed E-state index contributed by atoms with van der Waals surface area (Å²) in [6.45, 7) is -0.522.